The molecule has 3 aromatic rings. The van der Waals surface area contributed by atoms with E-state index in [9.17, 15) is 4.79 Å². The molecule has 0 amide bonds. The molecule has 29 heavy (non-hydrogen) atoms. The highest BCUT2D eigenvalue weighted by atomic mass is 79.9. The summed E-state index contributed by atoms with van der Waals surface area (Å²) >= 11 is 3.53. The predicted molar refractivity (Wildman–Crippen MR) is 122 cm³/mol. The highest BCUT2D eigenvalue weighted by Gasteiger charge is 2.15. The molecule has 0 radical (unpaired) electrons. The van der Waals surface area contributed by atoms with Crippen LogP contribution in [0.3, 0.4) is 0 Å². The standard InChI is InChI=1S/C23H25BrN4O/c1-16(29)21-14-25-22-8-5-18(24)13-20(22)23(21)26-19-6-3-17(4-7-19)15-28-11-9-27(2)10-12-28/h3-8,13-14H,9-12,15H2,1-2H3,(H,25,26). The van der Waals surface area contributed by atoms with Gasteiger partial charge in [-0.1, -0.05) is 28.1 Å². The van der Waals surface area contributed by atoms with Crippen molar-refractivity contribution in [1.29, 1.82) is 0 Å². The highest BCUT2D eigenvalue weighted by Crippen LogP contribution is 2.31. The summed E-state index contributed by atoms with van der Waals surface area (Å²) in [7, 11) is 2.18. The number of carbonyl (C=O) groups is 1. The quantitative estimate of drug-likeness (QED) is 0.568. The predicted octanol–water partition coefficient (Wildman–Crippen LogP) is 4.69. The maximum atomic E-state index is 12.2. The van der Waals surface area contributed by atoms with Crippen LogP contribution in [0.2, 0.25) is 0 Å². The Bertz CT molecular complexity index is 1030. The summed E-state index contributed by atoms with van der Waals surface area (Å²) in [5.41, 5.74) is 4.51. The molecule has 1 aliphatic rings. The first-order valence-electron chi connectivity index (χ1n) is 9.85. The number of nitrogens with one attached hydrogen (secondary N) is 1. The number of benzene rings is 2. The molecule has 2 aromatic carbocycles. The van der Waals surface area contributed by atoms with Crippen LogP contribution in [0.25, 0.3) is 10.9 Å². The van der Waals surface area contributed by atoms with E-state index < -0.39 is 0 Å². The molecule has 1 aromatic heterocycles. The Morgan fingerprint density at radius 1 is 1.10 bits per heavy atom. The van der Waals surface area contributed by atoms with Gasteiger partial charge in [-0.2, -0.15) is 0 Å². The first-order chi connectivity index (χ1) is 14.0. The monoisotopic (exact) mass is 452 g/mol. The van der Waals surface area contributed by atoms with Gasteiger partial charge < -0.3 is 10.2 Å². The van der Waals surface area contributed by atoms with E-state index in [1.165, 1.54) is 5.56 Å². The molecule has 1 aliphatic heterocycles. The van der Waals surface area contributed by atoms with Crippen molar-refractivity contribution < 1.29 is 4.79 Å². The van der Waals surface area contributed by atoms with Gasteiger partial charge in [0.1, 0.15) is 0 Å². The molecule has 1 N–H and O–H groups in total. The molecule has 0 unspecified atom stereocenters. The molecule has 5 nitrogen and oxygen atoms in total. The number of carbonyl (C=O) groups excluding carboxylic acids is 1. The highest BCUT2D eigenvalue weighted by molar-refractivity contribution is 9.10. The van der Waals surface area contributed by atoms with Crippen molar-refractivity contribution in [2.24, 2.45) is 0 Å². The van der Waals surface area contributed by atoms with Crippen LogP contribution in [0.4, 0.5) is 11.4 Å². The third-order valence-corrected chi connectivity index (χ3v) is 5.93. The number of Topliss-reactive ketones (excluding diaryl/α,β-unsaturated/α-hetero) is 1. The number of likely N-dealkylation sites (N-methyl/N-ethyl adjacent to an activating group) is 1. The number of ketones is 1. The van der Waals surface area contributed by atoms with Crippen LogP contribution in [0.5, 0.6) is 0 Å². The average molecular weight is 453 g/mol. The number of aromatic nitrogens is 1. The van der Waals surface area contributed by atoms with Crippen molar-refractivity contribution in [1.82, 2.24) is 14.8 Å². The number of pyridine rings is 1. The Labute approximate surface area is 179 Å². The molecule has 150 valence electrons. The van der Waals surface area contributed by atoms with Gasteiger partial charge in [0, 0.05) is 54.5 Å². The van der Waals surface area contributed by atoms with Crippen LogP contribution >= 0.6 is 15.9 Å². The number of hydrogen-bond acceptors (Lipinski definition) is 5. The third kappa shape index (κ3) is 4.66. The summed E-state index contributed by atoms with van der Waals surface area (Å²) in [6.07, 6.45) is 1.66. The molecule has 2 heterocycles. The van der Waals surface area contributed by atoms with Crippen molar-refractivity contribution >= 4 is 44.0 Å². The van der Waals surface area contributed by atoms with Crippen LogP contribution in [0.1, 0.15) is 22.8 Å². The number of fused-ring (bicyclic) bond motifs is 1. The topological polar surface area (TPSA) is 48.5 Å². The zero-order chi connectivity index (χ0) is 20.4. The van der Waals surface area contributed by atoms with Crippen molar-refractivity contribution in [3.63, 3.8) is 0 Å². The van der Waals surface area contributed by atoms with E-state index in [0.29, 0.717) is 5.56 Å². The number of anilines is 2. The maximum Gasteiger partial charge on any atom is 0.163 e. The van der Waals surface area contributed by atoms with Gasteiger partial charge in [0.15, 0.2) is 5.78 Å². The van der Waals surface area contributed by atoms with Gasteiger partial charge in [-0.25, -0.2) is 0 Å². The van der Waals surface area contributed by atoms with E-state index in [0.717, 1.165) is 59.5 Å². The molecule has 1 saturated heterocycles. The average Bonchev–Trinajstić information content (AvgIpc) is 2.71. The Morgan fingerprint density at radius 2 is 1.83 bits per heavy atom. The lowest BCUT2D eigenvalue weighted by atomic mass is 10.1. The molecular formula is C23H25BrN4O. The zero-order valence-corrected chi connectivity index (χ0v) is 18.4. The summed E-state index contributed by atoms with van der Waals surface area (Å²) in [4.78, 5) is 21.5. The van der Waals surface area contributed by atoms with Crippen LogP contribution in [0, 0.1) is 0 Å². The number of halogens is 1. The van der Waals surface area contributed by atoms with E-state index in [4.69, 9.17) is 0 Å². The van der Waals surface area contributed by atoms with Crippen LogP contribution in [0.15, 0.2) is 53.1 Å². The van der Waals surface area contributed by atoms with Gasteiger partial charge in [-0.15, -0.1) is 0 Å². The summed E-state index contributed by atoms with van der Waals surface area (Å²) in [5.74, 6) is -0.00596. The molecule has 0 bridgehead atoms. The number of hydrogen-bond donors (Lipinski definition) is 1. The molecule has 0 atom stereocenters. The molecular weight excluding hydrogens is 428 g/mol. The lowest BCUT2D eigenvalue weighted by molar-refractivity contribution is 0.101. The molecule has 1 fully saturated rings. The molecule has 4 rings (SSSR count). The number of nitrogens with zero attached hydrogens (tertiary/aromatic N) is 3. The van der Waals surface area contributed by atoms with Gasteiger partial charge in [0.25, 0.3) is 0 Å². The summed E-state index contributed by atoms with van der Waals surface area (Å²) < 4.78 is 0.957. The minimum atomic E-state index is -0.00596. The van der Waals surface area contributed by atoms with E-state index in [-0.39, 0.29) is 5.78 Å². The zero-order valence-electron chi connectivity index (χ0n) is 16.8. The summed E-state index contributed by atoms with van der Waals surface area (Å²) in [5, 5.41) is 4.38. The number of piperazine rings is 1. The van der Waals surface area contributed by atoms with Crippen LogP contribution < -0.4 is 5.32 Å². The van der Waals surface area contributed by atoms with Gasteiger partial charge in [-0.05, 0) is 49.9 Å². The van der Waals surface area contributed by atoms with E-state index in [1.54, 1.807) is 13.1 Å². The normalized spacial score (nSPS) is 15.6. The van der Waals surface area contributed by atoms with Gasteiger partial charge >= 0.3 is 0 Å². The summed E-state index contributed by atoms with van der Waals surface area (Å²) in [6, 6.07) is 14.4. The Hall–Kier alpha value is -2.28. The molecule has 6 heteroatoms. The van der Waals surface area contributed by atoms with E-state index in [1.807, 2.05) is 18.2 Å². The minimum absolute atomic E-state index is 0.00596. The second-order valence-electron chi connectivity index (χ2n) is 7.67. The van der Waals surface area contributed by atoms with Gasteiger partial charge in [0.2, 0.25) is 0 Å². The van der Waals surface area contributed by atoms with Crippen molar-refractivity contribution in [2.75, 3.05) is 38.5 Å². The largest absolute Gasteiger partial charge is 0.354 e. The lowest BCUT2D eigenvalue weighted by Gasteiger charge is -2.32. The van der Waals surface area contributed by atoms with Gasteiger partial charge in [-0.3, -0.25) is 14.7 Å². The van der Waals surface area contributed by atoms with Crippen molar-refractivity contribution in [3.8, 4) is 0 Å². The van der Waals surface area contributed by atoms with Gasteiger partial charge in [0.05, 0.1) is 16.8 Å². The maximum absolute atomic E-state index is 12.2. The summed E-state index contributed by atoms with van der Waals surface area (Å²) in [6.45, 7) is 7.01. The fourth-order valence-electron chi connectivity index (χ4n) is 3.67. The fraction of sp³-hybridized carbons (Fsp3) is 0.304. The minimum Gasteiger partial charge on any atom is -0.354 e. The SMILES string of the molecule is CC(=O)c1cnc2ccc(Br)cc2c1Nc1ccc(CN2CCN(C)CC2)cc1. The van der Waals surface area contributed by atoms with Crippen molar-refractivity contribution in [3.05, 3.63) is 64.3 Å². The lowest BCUT2D eigenvalue weighted by Crippen LogP contribution is -2.43. The number of rotatable bonds is 5. The third-order valence-electron chi connectivity index (χ3n) is 5.43. The van der Waals surface area contributed by atoms with Crippen LogP contribution in [-0.2, 0) is 6.54 Å². The molecule has 0 aliphatic carbocycles. The van der Waals surface area contributed by atoms with E-state index in [2.05, 4.69) is 67.3 Å². The first kappa shape index (κ1) is 20.0. The van der Waals surface area contributed by atoms with Crippen LogP contribution in [-0.4, -0.2) is 53.8 Å². The van der Waals surface area contributed by atoms with Crippen molar-refractivity contribution in [2.45, 2.75) is 13.5 Å². The fourth-order valence-corrected chi connectivity index (χ4v) is 4.03. The second kappa shape index (κ2) is 8.61. The Kier molecular flexibility index (Phi) is 5.94. The smallest absolute Gasteiger partial charge is 0.163 e. The molecule has 0 spiro atoms. The van der Waals surface area contributed by atoms with E-state index >= 15 is 0 Å². The first-order valence-corrected chi connectivity index (χ1v) is 10.6. The second-order valence-corrected chi connectivity index (χ2v) is 8.58. The molecule has 0 saturated carbocycles. The Morgan fingerprint density at radius 3 is 2.52 bits per heavy atom. The Balaban J connectivity index is 1.57.